The van der Waals surface area contributed by atoms with Crippen molar-refractivity contribution >= 4 is 39.5 Å². The lowest BCUT2D eigenvalue weighted by molar-refractivity contribution is -0.161. The van der Waals surface area contributed by atoms with Crippen molar-refractivity contribution in [3.8, 4) is 0 Å². The molecule has 0 fully saturated rings. The predicted octanol–water partition coefficient (Wildman–Crippen LogP) is 23.0. The minimum atomic E-state index is -4.96. The summed E-state index contributed by atoms with van der Waals surface area (Å²) in [7, 11) is -9.92. The van der Waals surface area contributed by atoms with E-state index < -0.39 is 97.5 Å². The molecule has 0 radical (unpaired) electrons. The Balaban J connectivity index is 5.28. The molecule has 3 unspecified atom stereocenters. The number of esters is 4. The summed E-state index contributed by atoms with van der Waals surface area (Å²) in [5, 5.41) is 10.6. The third-order valence-corrected chi connectivity index (χ3v) is 20.4. The molecule has 19 heteroatoms. The fourth-order valence-electron chi connectivity index (χ4n) is 11.9. The first kappa shape index (κ1) is 95.1. The van der Waals surface area contributed by atoms with Crippen LogP contribution in [0.5, 0.6) is 0 Å². The Morgan fingerprint density at radius 2 is 0.526 bits per heavy atom. The van der Waals surface area contributed by atoms with Gasteiger partial charge in [0.1, 0.15) is 19.3 Å². The standard InChI is InChI=1S/C78H152O17P2/c1-8-10-11-12-13-14-15-16-17-18-26-31-40-47-54-61-77(82)95-74(66-89-76(81)60-53-46-39-34-33-37-44-51-58-71(7)9-2)68-93-97(86,87)91-64-72(79)63-90-96(84,85)92-67-73(94-78(83)62-55-48-41-32-27-22-20-24-29-36-43-50-57-70(5)6)65-88-75(80)59-52-45-38-30-25-21-19-23-28-35-42-49-56-69(3)4/h69-74,79H,8-68H2,1-7H3,(H,84,85)(H,86,87)/t71?,72-,73-,74-/m1/s1. The molecule has 0 saturated heterocycles. The van der Waals surface area contributed by atoms with Crippen LogP contribution in [0.25, 0.3) is 0 Å². The lowest BCUT2D eigenvalue weighted by Gasteiger charge is -2.21. The van der Waals surface area contributed by atoms with E-state index in [1.165, 1.54) is 212 Å². The molecule has 0 aromatic carbocycles. The maximum absolute atomic E-state index is 13.1. The SMILES string of the molecule is CCCCCCCCCCCCCCCCCC(=O)O[C@H](COC(=O)CCCCCCCCCCC(C)CC)COP(=O)(O)OC[C@H](O)COP(=O)(O)OC[C@@H](COC(=O)CCCCCCCCCCCCCCC(C)C)OC(=O)CCCCCCCCCCCCCCC(C)C. The second kappa shape index (κ2) is 68.5. The van der Waals surface area contributed by atoms with Crippen LogP contribution in [0.1, 0.15) is 402 Å². The summed E-state index contributed by atoms with van der Waals surface area (Å²) in [5.74, 6) is 0.223. The second-order valence-electron chi connectivity index (χ2n) is 29.3. The molecule has 0 aromatic heterocycles. The third-order valence-electron chi connectivity index (χ3n) is 18.5. The summed E-state index contributed by atoms with van der Waals surface area (Å²) >= 11 is 0. The van der Waals surface area contributed by atoms with Crippen molar-refractivity contribution in [2.45, 2.75) is 420 Å². The zero-order valence-electron chi connectivity index (χ0n) is 63.5. The molecule has 0 aliphatic carbocycles. The summed E-state index contributed by atoms with van der Waals surface area (Å²) in [5.41, 5.74) is 0. The van der Waals surface area contributed by atoms with E-state index in [4.69, 9.17) is 37.0 Å². The van der Waals surface area contributed by atoms with Gasteiger partial charge in [0.25, 0.3) is 0 Å². The minimum Gasteiger partial charge on any atom is -0.462 e. The number of aliphatic hydroxyl groups is 1. The van der Waals surface area contributed by atoms with E-state index in [1.807, 2.05) is 0 Å². The number of hydrogen-bond acceptors (Lipinski definition) is 15. The number of hydrogen-bond donors (Lipinski definition) is 3. The molecule has 0 bridgehead atoms. The number of carbonyl (C=O) groups excluding carboxylic acids is 4. The molecule has 0 aliphatic rings. The smallest absolute Gasteiger partial charge is 0.462 e. The van der Waals surface area contributed by atoms with Gasteiger partial charge in [-0.2, -0.15) is 0 Å². The summed E-state index contributed by atoms with van der Waals surface area (Å²) in [6.07, 6.45) is 55.3. The van der Waals surface area contributed by atoms with Crippen molar-refractivity contribution in [2.75, 3.05) is 39.6 Å². The largest absolute Gasteiger partial charge is 0.472 e. The van der Waals surface area contributed by atoms with E-state index in [2.05, 4.69) is 48.5 Å². The van der Waals surface area contributed by atoms with Crippen molar-refractivity contribution in [3.05, 3.63) is 0 Å². The monoisotopic (exact) mass is 1420 g/mol. The highest BCUT2D eigenvalue weighted by molar-refractivity contribution is 7.47. The highest BCUT2D eigenvalue weighted by atomic mass is 31.2. The van der Waals surface area contributed by atoms with E-state index in [-0.39, 0.29) is 25.7 Å². The van der Waals surface area contributed by atoms with Crippen LogP contribution in [0.4, 0.5) is 0 Å². The Hall–Kier alpha value is -1.94. The molecule has 0 aliphatic heterocycles. The number of phosphoric ester groups is 2. The topological polar surface area (TPSA) is 237 Å². The molecule has 0 heterocycles. The van der Waals surface area contributed by atoms with Crippen molar-refractivity contribution in [1.29, 1.82) is 0 Å². The highest BCUT2D eigenvalue weighted by Gasteiger charge is 2.30. The van der Waals surface area contributed by atoms with E-state index in [0.29, 0.717) is 25.7 Å². The Morgan fingerprint density at radius 3 is 0.784 bits per heavy atom. The molecule has 576 valence electrons. The van der Waals surface area contributed by atoms with Gasteiger partial charge in [-0.15, -0.1) is 0 Å². The highest BCUT2D eigenvalue weighted by Crippen LogP contribution is 2.45. The quantitative estimate of drug-likeness (QED) is 0.0222. The number of carbonyl (C=O) groups is 4. The van der Waals surface area contributed by atoms with Crippen LogP contribution in [0.2, 0.25) is 0 Å². The average molecular weight is 1420 g/mol. The molecule has 97 heavy (non-hydrogen) atoms. The molecule has 0 amide bonds. The van der Waals surface area contributed by atoms with Gasteiger partial charge in [0, 0.05) is 25.7 Å². The number of ether oxygens (including phenoxy) is 4. The van der Waals surface area contributed by atoms with Gasteiger partial charge in [-0.3, -0.25) is 37.3 Å². The number of phosphoric acid groups is 2. The molecule has 0 aromatic rings. The maximum Gasteiger partial charge on any atom is 0.472 e. The minimum absolute atomic E-state index is 0.107. The van der Waals surface area contributed by atoms with Gasteiger partial charge >= 0.3 is 39.5 Å². The molecule has 3 N–H and O–H groups in total. The van der Waals surface area contributed by atoms with E-state index in [1.54, 1.807) is 0 Å². The van der Waals surface area contributed by atoms with Crippen LogP contribution in [-0.2, 0) is 65.4 Å². The first-order chi connectivity index (χ1) is 46.8. The molecule has 17 nitrogen and oxygen atoms in total. The van der Waals surface area contributed by atoms with E-state index in [0.717, 1.165) is 108 Å². The van der Waals surface area contributed by atoms with Crippen molar-refractivity contribution in [1.82, 2.24) is 0 Å². The Bertz CT molecular complexity index is 1890. The van der Waals surface area contributed by atoms with Gasteiger partial charge in [-0.25, -0.2) is 9.13 Å². The molecule has 6 atom stereocenters. The number of unbranched alkanes of at least 4 members (excludes halogenated alkanes) is 43. The summed E-state index contributed by atoms with van der Waals surface area (Å²) < 4.78 is 68.7. The molecule has 0 spiro atoms. The Labute approximate surface area is 594 Å². The zero-order valence-corrected chi connectivity index (χ0v) is 65.3. The summed E-state index contributed by atoms with van der Waals surface area (Å²) in [6, 6.07) is 0. The van der Waals surface area contributed by atoms with E-state index >= 15 is 0 Å². The van der Waals surface area contributed by atoms with Crippen molar-refractivity contribution in [3.63, 3.8) is 0 Å². The van der Waals surface area contributed by atoms with Gasteiger partial charge in [-0.1, -0.05) is 350 Å². The zero-order chi connectivity index (χ0) is 71.6. The van der Waals surface area contributed by atoms with Gasteiger partial charge in [0.15, 0.2) is 12.2 Å². The normalized spacial score (nSPS) is 14.3. The second-order valence-corrected chi connectivity index (χ2v) is 32.2. The first-order valence-electron chi connectivity index (χ1n) is 40.4. The average Bonchev–Trinajstić information content (AvgIpc) is 1.83. The molecular formula is C78H152O17P2. The summed E-state index contributed by atoms with van der Waals surface area (Å²) in [6.45, 7) is 11.9. The number of rotatable bonds is 76. The van der Waals surface area contributed by atoms with Crippen LogP contribution in [0.3, 0.4) is 0 Å². The first-order valence-corrected chi connectivity index (χ1v) is 43.4. The van der Waals surface area contributed by atoms with Gasteiger partial charge < -0.3 is 33.8 Å². The molecule has 0 rings (SSSR count). The lowest BCUT2D eigenvalue weighted by Crippen LogP contribution is -2.30. The number of aliphatic hydroxyl groups excluding tert-OH is 1. The van der Waals surface area contributed by atoms with Gasteiger partial charge in [-0.05, 0) is 43.4 Å². The van der Waals surface area contributed by atoms with Gasteiger partial charge in [0.2, 0.25) is 0 Å². The van der Waals surface area contributed by atoms with Crippen molar-refractivity contribution in [2.24, 2.45) is 17.8 Å². The summed E-state index contributed by atoms with van der Waals surface area (Å²) in [4.78, 5) is 73.0. The Morgan fingerprint density at radius 1 is 0.299 bits per heavy atom. The molecular weight excluding hydrogens is 1270 g/mol. The van der Waals surface area contributed by atoms with Crippen LogP contribution < -0.4 is 0 Å². The van der Waals surface area contributed by atoms with Crippen LogP contribution >= 0.6 is 15.6 Å². The predicted molar refractivity (Wildman–Crippen MR) is 395 cm³/mol. The van der Waals surface area contributed by atoms with Crippen LogP contribution in [0.15, 0.2) is 0 Å². The fraction of sp³-hybridized carbons (Fsp3) is 0.949. The van der Waals surface area contributed by atoms with Crippen LogP contribution in [-0.4, -0.2) is 96.7 Å². The Kier molecular flexibility index (Phi) is 67.1. The van der Waals surface area contributed by atoms with Gasteiger partial charge in [0.05, 0.1) is 26.4 Å². The van der Waals surface area contributed by atoms with Crippen LogP contribution in [0, 0.1) is 17.8 Å². The maximum atomic E-state index is 13.1. The van der Waals surface area contributed by atoms with E-state index in [9.17, 15) is 43.2 Å². The van der Waals surface area contributed by atoms with Crippen molar-refractivity contribution < 1.29 is 80.2 Å². The molecule has 0 saturated carbocycles. The fourth-order valence-corrected chi connectivity index (χ4v) is 13.5. The lowest BCUT2D eigenvalue weighted by atomic mass is 9.99. The third kappa shape index (κ3) is 70.9.